The van der Waals surface area contributed by atoms with E-state index in [-0.39, 0.29) is 17.6 Å². The molecule has 3 aromatic heterocycles. The van der Waals surface area contributed by atoms with E-state index in [0.29, 0.717) is 13.0 Å². The van der Waals surface area contributed by atoms with Crippen molar-refractivity contribution in [2.24, 2.45) is 0 Å². The van der Waals surface area contributed by atoms with E-state index in [9.17, 15) is 13.2 Å². The summed E-state index contributed by atoms with van der Waals surface area (Å²) in [6.45, 7) is 0.523. The molecule has 0 saturated heterocycles. The maximum Gasteiger partial charge on any atom is 0.433 e. The average Bonchev–Trinajstić information content (AvgIpc) is 3.14. The number of alkyl halides is 3. The predicted octanol–water partition coefficient (Wildman–Crippen LogP) is 1.16. The number of halogens is 3. The Morgan fingerprint density at radius 3 is 2.83 bits per heavy atom. The average molecular weight is 324 g/mol. The zero-order valence-corrected chi connectivity index (χ0v) is 11.7. The third-order valence-electron chi connectivity index (χ3n) is 3.70. The van der Waals surface area contributed by atoms with Gasteiger partial charge in [-0.25, -0.2) is 14.6 Å². The summed E-state index contributed by atoms with van der Waals surface area (Å²) < 4.78 is 41.9. The first-order valence-electron chi connectivity index (χ1n) is 6.92. The van der Waals surface area contributed by atoms with Crippen LogP contribution >= 0.6 is 0 Å². The quantitative estimate of drug-likeness (QED) is 0.761. The highest BCUT2D eigenvalue weighted by Gasteiger charge is 2.34. The van der Waals surface area contributed by atoms with E-state index in [1.54, 1.807) is 4.68 Å². The Kier molecular flexibility index (Phi) is 2.96. The highest BCUT2D eigenvalue weighted by molar-refractivity contribution is 5.46. The van der Waals surface area contributed by atoms with Crippen LogP contribution in [0.1, 0.15) is 17.9 Å². The minimum Gasteiger partial charge on any atom is -0.365 e. The van der Waals surface area contributed by atoms with Crippen molar-refractivity contribution in [2.75, 3.05) is 5.32 Å². The van der Waals surface area contributed by atoms with Crippen LogP contribution in [0.3, 0.4) is 0 Å². The molecular formula is C12H11F3N8. The molecule has 4 rings (SSSR count). The number of nitrogens with one attached hydrogen (secondary N) is 1. The molecular weight excluding hydrogens is 313 g/mol. The molecule has 0 fully saturated rings. The van der Waals surface area contributed by atoms with Crippen LogP contribution < -0.4 is 5.32 Å². The van der Waals surface area contributed by atoms with Gasteiger partial charge in [0.25, 0.3) is 5.78 Å². The summed E-state index contributed by atoms with van der Waals surface area (Å²) >= 11 is 0. The van der Waals surface area contributed by atoms with Gasteiger partial charge in [-0.05, 0) is 6.42 Å². The summed E-state index contributed by atoms with van der Waals surface area (Å²) in [5.41, 5.74) is -1.00. The lowest BCUT2D eigenvalue weighted by Gasteiger charge is -2.24. The molecule has 11 heteroatoms. The zero-order chi connectivity index (χ0) is 16.0. The largest absolute Gasteiger partial charge is 0.433 e. The lowest BCUT2D eigenvalue weighted by molar-refractivity contribution is -0.141. The Bertz CT molecular complexity index is 851. The molecule has 0 bridgehead atoms. The molecule has 0 radical (unpaired) electrons. The van der Waals surface area contributed by atoms with E-state index in [1.807, 2.05) is 0 Å². The molecule has 120 valence electrons. The molecule has 4 heterocycles. The van der Waals surface area contributed by atoms with E-state index in [0.717, 1.165) is 18.3 Å². The number of aryl methyl sites for hydroxylation is 1. The van der Waals surface area contributed by atoms with E-state index in [4.69, 9.17) is 0 Å². The molecule has 23 heavy (non-hydrogen) atoms. The number of nitrogens with zero attached hydrogens (tertiary/aromatic N) is 7. The van der Waals surface area contributed by atoms with Crippen LogP contribution in [0, 0.1) is 0 Å². The van der Waals surface area contributed by atoms with Gasteiger partial charge in [-0.15, -0.1) is 0 Å². The van der Waals surface area contributed by atoms with Crippen LogP contribution in [-0.4, -0.2) is 40.4 Å². The highest BCUT2D eigenvalue weighted by atomic mass is 19.4. The van der Waals surface area contributed by atoms with Gasteiger partial charge in [-0.3, -0.25) is 0 Å². The summed E-state index contributed by atoms with van der Waals surface area (Å²) in [5, 5.41) is 11.1. The first kappa shape index (κ1) is 13.9. The van der Waals surface area contributed by atoms with Crippen molar-refractivity contribution in [3.8, 4) is 0 Å². The van der Waals surface area contributed by atoms with Crippen LogP contribution in [0.15, 0.2) is 18.7 Å². The second kappa shape index (κ2) is 4.89. The molecule has 1 N–H and O–H groups in total. The molecule has 0 spiro atoms. The molecule has 0 saturated carbocycles. The standard InChI is InChI=1S/C12H11F3N8/c13-12(14,15)8-3-10(23-11(21-8)17-6-19-23)20-7-1-2-9-16-5-18-22(9)4-7/h3,5-7,20H,1-2,4H2. The Balaban J connectivity index is 1.67. The Hall–Kier alpha value is -2.72. The van der Waals surface area contributed by atoms with Crippen LogP contribution in [0.2, 0.25) is 0 Å². The van der Waals surface area contributed by atoms with Gasteiger partial charge in [0.05, 0.1) is 6.54 Å². The maximum absolute atomic E-state index is 13.0. The molecule has 8 nitrogen and oxygen atoms in total. The normalized spacial score (nSPS) is 18.1. The number of aromatic nitrogens is 7. The first-order valence-corrected chi connectivity index (χ1v) is 6.92. The number of fused-ring (bicyclic) bond motifs is 2. The van der Waals surface area contributed by atoms with E-state index in [2.05, 4.69) is 30.5 Å². The van der Waals surface area contributed by atoms with Gasteiger partial charge in [0.2, 0.25) is 0 Å². The molecule has 1 aliphatic heterocycles. The summed E-state index contributed by atoms with van der Waals surface area (Å²) in [6, 6.07) is 0.860. The number of anilines is 1. The van der Waals surface area contributed by atoms with Gasteiger partial charge in [0.15, 0.2) is 5.69 Å². The SMILES string of the molecule is FC(F)(F)c1cc(NC2CCc3ncnn3C2)n2ncnc2n1. The van der Waals surface area contributed by atoms with Crippen LogP contribution in [0.4, 0.5) is 19.0 Å². The third kappa shape index (κ3) is 2.47. The summed E-state index contributed by atoms with van der Waals surface area (Å²) in [5.74, 6) is 0.979. The van der Waals surface area contributed by atoms with E-state index in [1.165, 1.54) is 17.2 Å². The summed E-state index contributed by atoms with van der Waals surface area (Å²) in [6.07, 6.45) is -0.463. The topological polar surface area (TPSA) is 85.8 Å². The Morgan fingerprint density at radius 1 is 1.17 bits per heavy atom. The van der Waals surface area contributed by atoms with Crippen molar-refractivity contribution in [1.82, 2.24) is 34.3 Å². The predicted molar refractivity (Wildman–Crippen MR) is 71.5 cm³/mol. The van der Waals surface area contributed by atoms with E-state index >= 15 is 0 Å². The minimum absolute atomic E-state index is 0.0833. The van der Waals surface area contributed by atoms with Gasteiger partial charge in [0, 0.05) is 18.5 Å². The lowest BCUT2D eigenvalue weighted by Crippen LogP contribution is -2.33. The number of hydrogen-bond donors (Lipinski definition) is 1. The molecule has 1 atom stereocenters. The third-order valence-corrected chi connectivity index (χ3v) is 3.70. The highest BCUT2D eigenvalue weighted by Crippen LogP contribution is 2.30. The molecule has 3 aromatic rings. The van der Waals surface area contributed by atoms with Gasteiger partial charge in [-0.1, -0.05) is 0 Å². The molecule has 1 aliphatic rings. The fourth-order valence-electron chi connectivity index (χ4n) is 2.62. The van der Waals surface area contributed by atoms with Crippen molar-refractivity contribution >= 4 is 11.6 Å². The molecule has 0 aliphatic carbocycles. The van der Waals surface area contributed by atoms with Crippen LogP contribution in [0.5, 0.6) is 0 Å². The second-order valence-electron chi connectivity index (χ2n) is 5.23. The van der Waals surface area contributed by atoms with Gasteiger partial charge in [0.1, 0.15) is 24.3 Å². The Labute approximate surface area is 127 Å². The van der Waals surface area contributed by atoms with Crippen LogP contribution in [-0.2, 0) is 19.1 Å². The fraction of sp³-hybridized carbons (Fsp3) is 0.417. The second-order valence-corrected chi connectivity index (χ2v) is 5.23. The molecule has 1 unspecified atom stereocenters. The lowest BCUT2D eigenvalue weighted by atomic mass is 10.1. The van der Waals surface area contributed by atoms with Crippen molar-refractivity contribution in [2.45, 2.75) is 31.6 Å². The smallest absolute Gasteiger partial charge is 0.365 e. The maximum atomic E-state index is 13.0. The van der Waals surface area contributed by atoms with Gasteiger partial charge >= 0.3 is 6.18 Å². The first-order chi connectivity index (χ1) is 11.0. The van der Waals surface area contributed by atoms with Gasteiger partial charge < -0.3 is 5.32 Å². The molecule has 0 aromatic carbocycles. The van der Waals surface area contributed by atoms with Crippen molar-refractivity contribution in [1.29, 1.82) is 0 Å². The van der Waals surface area contributed by atoms with Crippen molar-refractivity contribution < 1.29 is 13.2 Å². The molecule has 0 amide bonds. The van der Waals surface area contributed by atoms with E-state index < -0.39 is 11.9 Å². The van der Waals surface area contributed by atoms with Crippen molar-refractivity contribution in [3.05, 3.63) is 30.2 Å². The summed E-state index contributed by atoms with van der Waals surface area (Å²) in [7, 11) is 0. The van der Waals surface area contributed by atoms with Crippen molar-refractivity contribution in [3.63, 3.8) is 0 Å². The van der Waals surface area contributed by atoms with Gasteiger partial charge in [-0.2, -0.15) is 32.9 Å². The zero-order valence-electron chi connectivity index (χ0n) is 11.7. The fourth-order valence-corrected chi connectivity index (χ4v) is 2.62. The number of hydrogen-bond acceptors (Lipinski definition) is 6. The van der Waals surface area contributed by atoms with Crippen LogP contribution in [0.25, 0.3) is 5.78 Å². The monoisotopic (exact) mass is 324 g/mol. The minimum atomic E-state index is -4.55. The summed E-state index contributed by atoms with van der Waals surface area (Å²) in [4.78, 5) is 11.4. The number of rotatable bonds is 2. The Morgan fingerprint density at radius 2 is 2.00 bits per heavy atom.